The summed E-state index contributed by atoms with van der Waals surface area (Å²) < 4.78 is 44.4. The van der Waals surface area contributed by atoms with Crippen molar-refractivity contribution in [3.63, 3.8) is 0 Å². The minimum atomic E-state index is -4.65. The van der Waals surface area contributed by atoms with Crippen LogP contribution in [0.2, 0.25) is 0 Å². The van der Waals surface area contributed by atoms with E-state index in [4.69, 9.17) is 0 Å². The number of nitrogens with zero attached hydrogens (tertiary/aromatic N) is 6. The zero-order valence-electron chi connectivity index (χ0n) is 19.4. The second kappa shape index (κ2) is 10.6. The Balaban J connectivity index is 0.000000201. The van der Waals surface area contributed by atoms with E-state index in [-0.39, 0.29) is 11.3 Å². The molecule has 184 valence electrons. The summed E-state index contributed by atoms with van der Waals surface area (Å²) in [5.41, 5.74) is 0.731. The molecule has 0 radical (unpaired) electrons. The van der Waals surface area contributed by atoms with Crippen molar-refractivity contribution in [2.45, 2.75) is 64.6 Å². The maximum atomic E-state index is 13.0. The van der Waals surface area contributed by atoms with E-state index in [0.29, 0.717) is 11.2 Å². The van der Waals surface area contributed by atoms with E-state index in [1.807, 2.05) is 0 Å². The summed E-state index contributed by atoms with van der Waals surface area (Å²) in [5.74, 6) is 0.831. The summed E-state index contributed by atoms with van der Waals surface area (Å²) in [5, 5.41) is 0. The molecule has 0 N–H and O–H groups in total. The molecule has 7 nitrogen and oxygen atoms in total. The van der Waals surface area contributed by atoms with Crippen molar-refractivity contribution < 1.29 is 13.2 Å². The SMILES string of the molecule is Cc1cnc2ccc(=O)n(Cc3nccnc3C(F)(F)F)c2n1.Cc1sncc1C1CCCCC1. The van der Waals surface area contributed by atoms with Gasteiger partial charge in [0.15, 0.2) is 11.3 Å². The number of aryl methyl sites for hydroxylation is 2. The predicted molar refractivity (Wildman–Crippen MR) is 127 cm³/mol. The summed E-state index contributed by atoms with van der Waals surface area (Å²) in [6.45, 7) is 3.48. The molecule has 0 spiro atoms. The number of hydrogen-bond acceptors (Lipinski definition) is 7. The zero-order valence-corrected chi connectivity index (χ0v) is 20.2. The Morgan fingerprint density at radius 3 is 2.46 bits per heavy atom. The van der Waals surface area contributed by atoms with Gasteiger partial charge in [-0.25, -0.2) is 14.3 Å². The molecule has 0 atom stereocenters. The van der Waals surface area contributed by atoms with Crippen LogP contribution in [0, 0.1) is 13.8 Å². The molecule has 4 aromatic heterocycles. The number of rotatable bonds is 3. The molecule has 0 saturated heterocycles. The Kier molecular flexibility index (Phi) is 7.54. The topological polar surface area (TPSA) is 86.5 Å². The molecule has 5 rings (SSSR count). The van der Waals surface area contributed by atoms with Crippen molar-refractivity contribution in [1.82, 2.24) is 28.9 Å². The van der Waals surface area contributed by atoms with Crippen LogP contribution in [0.4, 0.5) is 13.2 Å². The maximum Gasteiger partial charge on any atom is 0.435 e. The molecule has 4 heterocycles. The summed E-state index contributed by atoms with van der Waals surface area (Å²) in [6, 6.07) is 2.71. The van der Waals surface area contributed by atoms with Gasteiger partial charge in [0.25, 0.3) is 5.56 Å². The van der Waals surface area contributed by atoms with Crippen LogP contribution in [-0.2, 0) is 12.7 Å². The Bertz CT molecular complexity index is 1360. The minimum Gasteiger partial charge on any atom is -0.285 e. The van der Waals surface area contributed by atoms with E-state index in [0.717, 1.165) is 22.9 Å². The fraction of sp³-hybridized carbons (Fsp3) is 0.417. The van der Waals surface area contributed by atoms with Crippen molar-refractivity contribution in [3.05, 3.63) is 74.8 Å². The lowest BCUT2D eigenvalue weighted by Gasteiger charge is -2.20. The van der Waals surface area contributed by atoms with Gasteiger partial charge in [0.2, 0.25) is 0 Å². The van der Waals surface area contributed by atoms with Crippen LogP contribution in [0.3, 0.4) is 0 Å². The quantitative estimate of drug-likeness (QED) is 0.370. The molecule has 1 saturated carbocycles. The van der Waals surface area contributed by atoms with Crippen molar-refractivity contribution in [3.8, 4) is 0 Å². The summed E-state index contributed by atoms with van der Waals surface area (Å²) in [6.07, 6.45) is 8.10. The monoisotopic (exact) mass is 502 g/mol. The second-order valence-electron chi connectivity index (χ2n) is 8.50. The standard InChI is InChI=1S/C14H10F3N5O.C10H15NS/c1-8-6-20-9-2-3-11(23)22(13(9)21-8)7-10-12(14(15,16)17)19-5-4-18-10;1-8-10(7-11-12-8)9-5-3-2-4-6-9/h2-6H,7H2,1H3;7,9H,2-6H2,1H3. The molecule has 0 aliphatic heterocycles. The molecule has 0 bridgehead atoms. The summed E-state index contributed by atoms with van der Waals surface area (Å²) in [7, 11) is 0. The average molecular weight is 503 g/mol. The third-order valence-corrected chi connectivity index (χ3v) is 6.71. The first-order valence-corrected chi connectivity index (χ1v) is 12.1. The van der Waals surface area contributed by atoms with Crippen LogP contribution in [0.25, 0.3) is 11.2 Å². The first-order chi connectivity index (χ1) is 16.7. The fourth-order valence-electron chi connectivity index (χ4n) is 4.27. The second-order valence-corrected chi connectivity index (χ2v) is 9.51. The van der Waals surface area contributed by atoms with Crippen LogP contribution in [0.15, 0.2) is 41.7 Å². The van der Waals surface area contributed by atoms with Gasteiger partial charge in [0, 0.05) is 35.7 Å². The number of pyridine rings is 1. The van der Waals surface area contributed by atoms with Crippen molar-refractivity contribution in [2.24, 2.45) is 0 Å². The Morgan fingerprint density at radius 1 is 1.03 bits per heavy atom. The highest BCUT2D eigenvalue weighted by Gasteiger charge is 2.36. The highest BCUT2D eigenvalue weighted by Crippen LogP contribution is 2.35. The van der Waals surface area contributed by atoms with Gasteiger partial charge >= 0.3 is 6.18 Å². The molecule has 4 aromatic rings. The van der Waals surface area contributed by atoms with Crippen molar-refractivity contribution in [1.29, 1.82) is 0 Å². The number of fused-ring (bicyclic) bond motifs is 1. The highest BCUT2D eigenvalue weighted by molar-refractivity contribution is 7.05. The first-order valence-electron chi connectivity index (χ1n) is 11.4. The van der Waals surface area contributed by atoms with E-state index in [1.54, 1.807) is 18.5 Å². The molecule has 1 aliphatic rings. The summed E-state index contributed by atoms with van der Waals surface area (Å²) >= 11 is 1.65. The normalized spacial score (nSPS) is 14.5. The molecule has 1 fully saturated rings. The van der Waals surface area contributed by atoms with E-state index >= 15 is 0 Å². The van der Waals surface area contributed by atoms with E-state index in [2.05, 4.69) is 37.4 Å². The van der Waals surface area contributed by atoms with Gasteiger partial charge in [0.05, 0.1) is 17.9 Å². The van der Waals surface area contributed by atoms with Gasteiger partial charge in [0.1, 0.15) is 5.52 Å². The molecule has 0 amide bonds. The molecule has 1 aliphatic carbocycles. The number of aromatic nitrogens is 6. The third-order valence-electron chi connectivity index (χ3n) is 5.99. The van der Waals surface area contributed by atoms with Crippen LogP contribution >= 0.6 is 11.5 Å². The molecule has 35 heavy (non-hydrogen) atoms. The van der Waals surface area contributed by atoms with E-state index < -0.39 is 24.0 Å². The van der Waals surface area contributed by atoms with Gasteiger partial charge in [-0.3, -0.25) is 19.3 Å². The number of hydrogen-bond donors (Lipinski definition) is 0. The Hall–Kier alpha value is -3.21. The van der Waals surface area contributed by atoms with Gasteiger partial charge < -0.3 is 0 Å². The Labute approximate surface area is 204 Å². The van der Waals surface area contributed by atoms with Crippen LogP contribution in [0.5, 0.6) is 0 Å². The lowest BCUT2D eigenvalue weighted by molar-refractivity contribution is -0.142. The number of alkyl halides is 3. The smallest absolute Gasteiger partial charge is 0.285 e. The van der Waals surface area contributed by atoms with Crippen molar-refractivity contribution in [2.75, 3.05) is 0 Å². The third kappa shape index (κ3) is 5.90. The number of halogens is 3. The van der Waals surface area contributed by atoms with Gasteiger partial charge in [-0.1, -0.05) is 19.3 Å². The van der Waals surface area contributed by atoms with Gasteiger partial charge in [-0.05, 0) is 55.8 Å². The van der Waals surface area contributed by atoms with Gasteiger partial charge in [-0.15, -0.1) is 0 Å². The van der Waals surface area contributed by atoms with Crippen LogP contribution in [-0.4, -0.2) is 28.9 Å². The van der Waals surface area contributed by atoms with Crippen LogP contribution in [0.1, 0.15) is 65.5 Å². The van der Waals surface area contributed by atoms with Crippen molar-refractivity contribution >= 4 is 22.7 Å². The fourth-order valence-corrected chi connectivity index (χ4v) is 4.92. The molecule has 0 aromatic carbocycles. The largest absolute Gasteiger partial charge is 0.435 e. The lowest BCUT2D eigenvalue weighted by Crippen LogP contribution is -2.24. The lowest BCUT2D eigenvalue weighted by atomic mass is 9.85. The van der Waals surface area contributed by atoms with Crippen LogP contribution < -0.4 is 5.56 Å². The molecular weight excluding hydrogens is 477 g/mol. The highest BCUT2D eigenvalue weighted by atomic mass is 32.1. The minimum absolute atomic E-state index is 0.205. The summed E-state index contributed by atoms with van der Waals surface area (Å²) in [4.78, 5) is 28.9. The van der Waals surface area contributed by atoms with E-state index in [1.165, 1.54) is 60.9 Å². The van der Waals surface area contributed by atoms with E-state index in [9.17, 15) is 18.0 Å². The zero-order chi connectivity index (χ0) is 25.0. The predicted octanol–water partition coefficient (Wildman–Crippen LogP) is 5.46. The van der Waals surface area contributed by atoms with Gasteiger partial charge in [-0.2, -0.15) is 13.2 Å². The maximum absolute atomic E-state index is 13.0. The first kappa shape index (κ1) is 24.9. The molecule has 0 unspecified atom stereocenters. The molecular formula is C24H25F3N6OS. The average Bonchev–Trinajstić information content (AvgIpc) is 3.27. The Morgan fingerprint density at radius 2 is 1.77 bits per heavy atom. The molecule has 11 heteroatoms.